The Morgan fingerprint density at radius 1 is 1.20 bits per heavy atom. The van der Waals surface area contributed by atoms with Gasteiger partial charge in [-0.2, -0.15) is 10.1 Å². The number of benzene rings is 1. The van der Waals surface area contributed by atoms with Crippen LogP contribution in [0.1, 0.15) is 20.8 Å². The number of nitrogens with zero attached hydrogens (tertiary/aromatic N) is 3. The van der Waals surface area contributed by atoms with E-state index in [-0.39, 0.29) is 5.54 Å². The quantitative estimate of drug-likeness (QED) is 0.892. The maximum Gasteiger partial charge on any atom is 0.245 e. The molecular formula is C14H19N5O. The molecule has 0 aliphatic carbocycles. The van der Waals surface area contributed by atoms with E-state index in [2.05, 4.69) is 25.8 Å². The first-order valence-corrected chi connectivity index (χ1v) is 6.35. The van der Waals surface area contributed by atoms with Gasteiger partial charge in [-0.15, -0.1) is 5.10 Å². The van der Waals surface area contributed by atoms with E-state index in [1.165, 1.54) is 0 Å². The fourth-order valence-corrected chi connectivity index (χ4v) is 1.60. The van der Waals surface area contributed by atoms with Crippen LogP contribution in [0.15, 0.2) is 30.5 Å². The van der Waals surface area contributed by atoms with Crippen LogP contribution in [0.4, 0.5) is 17.5 Å². The topological polar surface area (TPSA) is 72.0 Å². The molecule has 2 rings (SSSR count). The third-order valence-electron chi connectivity index (χ3n) is 2.39. The molecule has 20 heavy (non-hydrogen) atoms. The summed E-state index contributed by atoms with van der Waals surface area (Å²) in [7, 11) is 1.64. The van der Waals surface area contributed by atoms with Crippen molar-refractivity contribution in [2.24, 2.45) is 0 Å². The monoisotopic (exact) mass is 273 g/mol. The number of hydrogen-bond donors (Lipinski definition) is 2. The molecule has 1 heterocycles. The third kappa shape index (κ3) is 4.08. The fraction of sp³-hybridized carbons (Fsp3) is 0.357. The summed E-state index contributed by atoms with van der Waals surface area (Å²) in [5, 5.41) is 14.3. The van der Waals surface area contributed by atoms with Crippen molar-refractivity contribution < 1.29 is 4.74 Å². The number of ether oxygens (including phenoxy) is 1. The summed E-state index contributed by atoms with van der Waals surface area (Å²) in [4.78, 5) is 4.37. The molecule has 106 valence electrons. The number of methoxy groups -OCH3 is 1. The molecule has 1 aromatic carbocycles. The van der Waals surface area contributed by atoms with E-state index in [9.17, 15) is 0 Å². The highest BCUT2D eigenvalue weighted by molar-refractivity contribution is 5.58. The van der Waals surface area contributed by atoms with E-state index < -0.39 is 0 Å². The number of nitrogens with one attached hydrogen (secondary N) is 2. The lowest BCUT2D eigenvalue weighted by Gasteiger charge is -2.20. The summed E-state index contributed by atoms with van der Waals surface area (Å²) in [5.74, 6) is 1.90. The Morgan fingerprint density at radius 3 is 2.70 bits per heavy atom. The van der Waals surface area contributed by atoms with Crippen LogP contribution in [0, 0.1) is 0 Å². The molecule has 0 aliphatic heterocycles. The Bertz CT molecular complexity index is 580. The van der Waals surface area contributed by atoms with Crippen molar-refractivity contribution in [2.75, 3.05) is 17.7 Å². The van der Waals surface area contributed by atoms with Crippen LogP contribution < -0.4 is 15.4 Å². The van der Waals surface area contributed by atoms with Crippen molar-refractivity contribution in [2.45, 2.75) is 26.3 Å². The molecule has 0 amide bonds. The second kappa shape index (κ2) is 5.73. The zero-order chi connectivity index (χ0) is 14.6. The second-order valence-corrected chi connectivity index (χ2v) is 5.40. The number of rotatable bonds is 4. The van der Waals surface area contributed by atoms with Gasteiger partial charge in [0.1, 0.15) is 5.75 Å². The Labute approximate surface area is 118 Å². The zero-order valence-corrected chi connectivity index (χ0v) is 12.1. The minimum atomic E-state index is -0.115. The van der Waals surface area contributed by atoms with Gasteiger partial charge in [0.2, 0.25) is 5.95 Å². The molecule has 0 bridgehead atoms. The van der Waals surface area contributed by atoms with Gasteiger partial charge in [-0.05, 0) is 32.9 Å². The zero-order valence-electron chi connectivity index (χ0n) is 12.1. The molecule has 0 radical (unpaired) electrons. The van der Waals surface area contributed by atoms with E-state index >= 15 is 0 Å². The molecule has 0 saturated carbocycles. The first-order valence-electron chi connectivity index (χ1n) is 6.35. The summed E-state index contributed by atoms with van der Waals surface area (Å²) in [6.45, 7) is 6.12. The maximum absolute atomic E-state index is 5.18. The summed E-state index contributed by atoms with van der Waals surface area (Å²) in [6, 6.07) is 7.61. The Kier molecular flexibility index (Phi) is 4.02. The number of aromatic nitrogens is 3. The van der Waals surface area contributed by atoms with Crippen molar-refractivity contribution in [3.05, 3.63) is 30.5 Å². The summed E-state index contributed by atoms with van der Waals surface area (Å²) in [5.41, 5.74) is 0.766. The molecule has 6 nitrogen and oxygen atoms in total. The molecule has 0 saturated heterocycles. The first-order chi connectivity index (χ1) is 9.46. The average Bonchev–Trinajstić information content (AvgIpc) is 2.37. The molecule has 2 aromatic rings. The standard InChI is InChI=1S/C14H19N5O/c1-14(2,3)18-13-17-12(9-15-19-13)16-10-6-5-7-11(8-10)20-4/h5-9H,1-4H3,(H2,16,17,18,19). The van der Waals surface area contributed by atoms with E-state index in [0.29, 0.717) is 11.8 Å². The van der Waals surface area contributed by atoms with E-state index in [0.717, 1.165) is 11.4 Å². The van der Waals surface area contributed by atoms with Gasteiger partial charge in [-0.25, -0.2) is 0 Å². The van der Waals surface area contributed by atoms with Crippen molar-refractivity contribution in [1.82, 2.24) is 15.2 Å². The van der Waals surface area contributed by atoms with Crippen LogP contribution >= 0.6 is 0 Å². The van der Waals surface area contributed by atoms with Gasteiger partial charge in [-0.1, -0.05) is 6.07 Å². The molecule has 0 atom stereocenters. The van der Waals surface area contributed by atoms with Crippen molar-refractivity contribution in [1.29, 1.82) is 0 Å². The van der Waals surface area contributed by atoms with Crippen molar-refractivity contribution in [3.8, 4) is 5.75 Å². The largest absolute Gasteiger partial charge is 0.497 e. The summed E-state index contributed by atoms with van der Waals surface area (Å²) in [6.07, 6.45) is 1.58. The molecule has 0 aliphatic rings. The van der Waals surface area contributed by atoms with Gasteiger partial charge in [0.25, 0.3) is 0 Å². The van der Waals surface area contributed by atoms with Gasteiger partial charge >= 0.3 is 0 Å². The Balaban J connectivity index is 2.15. The lowest BCUT2D eigenvalue weighted by molar-refractivity contribution is 0.415. The predicted molar refractivity (Wildman–Crippen MR) is 79.5 cm³/mol. The highest BCUT2D eigenvalue weighted by Gasteiger charge is 2.11. The molecule has 0 unspecified atom stereocenters. The van der Waals surface area contributed by atoms with Crippen molar-refractivity contribution in [3.63, 3.8) is 0 Å². The molecule has 1 aromatic heterocycles. The van der Waals surface area contributed by atoms with Gasteiger partial charge in [0.15, 0.2) is 5.82 Å². The molecule has 0 fully saturated rings. The van der Waals surface area contributed by atoms with E-state index in [4.69, 9.17) is 4.74 Å². The van der Waals surface area contributed by atoms with E-state index in [1.54, 1.807) is 13.3 Å². The predicted octanol–water partition coefficient (Wildman–Crippen LogP) is 2.83. The summed E-state index contributed by atoms with van der Waals surface area (Å²) >= 11 is 0. The number of hydrogen-bond acceptors (Lipinski definition) is 6. The van der Waals surface area contributed by atoms with Crippen LogP contribution in [0.2, 0.25) is 0 Å². The van der Waals surface area contributed by atoms with E-state index in [1.807, 2.05) is 45.0 Å². The maximum atomic E-state index is 5.18. The Morgan fingerprint density at radius 2 is 2.00 bits per heavy atom. The van der Waals surface area contributed by atoms with Gasteiger partial charge in [-0.3, -0.25) is 0 Å². The number of anilines is 3. The molecule has 2 N–H and O–H groups in total. The fourth-order valence-electron chi connectivity index (χ4n) is 1.60. The normalized spacial score (nSPS) is 11.0. The SMILES string of the molecule is COc1cccc(Nc2cnnc(NC(C)(C)C)n2)c1. The molecule has 6 heteroatoms. The summed E-state index contributed by atoms with van der Waals surface area (Å²) < 4.78 is 5.18. The van der Waals surface area contributed by atoms with Crippen LogP contribution in [-0.4, -0.2) is 27.8 Å². The second-order valence-electron chi connectivity index (χ2n) is 5.40. The minimum Gasteiger partial charge on any atom is -0.497 e. The smallest absolute Gasteiger partial charge is 0.245 e. The highest BCUT2D eigenvalue weighted by Crippen LogP contribution is 2.20. The Hall–Kier alpha value is -2.37. The van der Waals surface area contributed by atoms with Gasteiger partial charge in [0.05, 0.1) is 13.3 Å². The van der Waals surface area contributed by atoms with Crippen LogP contribution in [0.5, 0.6) is 5.75 Å². The van der Waals surface area contributed by atoms with Crippen LogP contribution in [-0.2, 0) is 0 Å². The van der Waals surface area contributed by atoms with Gasteiger partial charge in [0, 0.05) is 17.3 Å². The minimum absolute atomic E-state index is 0.115. The average molecular weight is 273 g/mol. The van der Waals surface area contributed by atoms with Crippen LogP contribution in [0.25, 0.3) is 0 Å². The van der Waals surface area contributed by atoms with Crippen LogP contribution in [0.3, 0.4) is 0 Å². The molecular weight excluding hydrogens is 254 g/mol. The van der Waals surface area contributed by atoms with Gasteiger partial charge < -0.3 is 15.4 Å². The highest BCUT2D eigenvalue weighted by atomic mass is 16.5. The first kappa shape index (κ1) is 14.0. The molecule has 0 spiro atoms. The third-order valence-corrected chi connectivity index (χ3v) is 2.39. The lowest BCUT2D eigenvalue weighted by atomic mass is 10.1. The lowest BCUT2D eigenvalue weighted by Crippen LogP contribution is -2.27. The van der Waals surface area contributed by atoms with Crippen molar-refractivity contribution >= 4 is 17.5 Å².